The number of nitrogens with zero attached hydrogens (tertiary/aromatic N) is 2. The second-order valence-electron chi connectivity index (χ2n) is 7.60. The predicted molar refractivity (Wildman–Crippen MR) is 111 cm³/mol. The summed E-state index contributed by atoms with van der Waals surface area (Å²) in [6.07, 6.45) is 5.45. The summed E-state index contributed by atoms with van der Waals surface area (Å²) in [6.45, 7) is 1.70. The van der Waals surface area contributed by atoms with Gasteiger partial charge in [0.15, 0.2) is 0 Å². The molecule has 2 aromatic rings. The summed E-state index contributed by atoms with van der Waals surface area (Å²) in [7, 11) is 1.57. The summed E-state index contributed by atoms with van der Waals surface area (Å²) in [6, 6.07) is 6.98. The normalized spacial score (nSPS) is 17.3. The minimum absolute atomic E-state index is 0.0615. The van der Waals surface area contributed by atoms with Crippen LogP contribution in [0.2, 0.25) is 0 Å². The second kappa shape index (κ2) is 8.61. The van der Waals surface area contributed by atoms with Crippen LogP contribution in [0.3, 0.4) is 0 Å². The number of furan rings is 1. The molecule has 1 N–H and O–H groups in total. The van der Waals surface area contributed by atoms with Gasteiger partial charge < -0.3 is 24.3 Å². The lowest BCUT2D eigenvalue weighted by Gasteiger charge is -2.31. The Hall–Kier alpha value is -3.29. The predicted octanol–water partition coefficient (Wildman–Crippen LogP) is 2.91. The van der Waals surface area contributed by atoms with Crippen LogP contribution in [-0.4, -0.2) is 49.4 Å². The number of hydrogen-bond acceptors (Lipinski definition) is 5. The van der Waals surface area contributed by atoms with Gasteiger partial charge in [0.1, 0.15) is 12.0 Å². The molecule has 30 heavy (non-hydrogen) atoms. The maximum Gasteiger partial charge on any atom is 0.257 e. The van der Waals surface area contributed by atoms with Crippen LogP contribution < -0.4 is 15.0 Å². The van der Waals surface area contributed by atoms with Gasteiger partial charge in [-0.05, 0) is 43.5 Å². The fraction of sp³-hybridized carbons (Fsp3) is 0.409. The number of nitrogens with one attached hydrogen (secondary N) is 1. The molecule has 158 valence electrons. The van der Waals surface area contributed by atoms with Crippen LogP contribution in [0.15, 0.2) is 41.2 Å². The Morgan fingerprint density at radius 2 is 1.97 bits per heavy atom. The van der Waals surface area contributed by atoms with Crippen molar-refractivity contribution in [2.45, 2.75) is 25.7 Å². The zero-order valence-electron chi connectivity index (χ0n) is 16.9. The van der Waals surface area contributed by atoms with E-state index in [4.69, 9.17) is 9.15 Å². The van der Waals surface area contributed by atoms with E-state index in [0.717, 1.165) is 6.42 Å². The molecule has 0 aliphatic carbocycles. The number of piperidine rings is 1. The molecule has 2 aliphatic heterocycles. The van der Waals surface area contributed by atoms with Gasteiger partial charge in [0.2, 0.25) is 11.8 Å². The Morgan fingerprint density at radius 3 is 2.60 bits per heavy atom. The van der Waals surface area contributed by atoms with Crippen LogP contribution in [0.25, 0.3) is 0 Å². The summed E-state index contributed by atoms with van der Waals surface area (Å²) in [4.78, 5) is 40.8. The van der Waals surface area contributed by atoms with Crippen LogP contribution in [0.1, 0.15) is 36.0 Å². The fourth-order valence-corrected chi connectivity index (χ4v) is 4.04. The van der Waals surface area contributed by atoms with Crippen molar-refractivity contribution in [3.05, 3.63) is 42.4 Å². The van der Waals surface area contributed by atoms with Crippen molar-refractivity contribution in [3.63, 3.8) is 0 Å². The Morgan fingerprint density at radius 1 is 1.17 bits per heavy atom. The minimum atomic E-state index is -0.169. The number of amides is 3. The van der Waals surface area contributed by atoms with Crippen molar-refractivity contribution in [1.29, 1.82) is 0 Å². The third-order valence-corrected chi connectivity index (χ3v) is 5.73. The standard InChI is InChI=1S/C22H25N3O5/c1-29-19-5-4-17(13-18(19)25-9-2-3-20(25)26)23-21(27)15-6-10-24(11-7-15)22(28)16-8-12-30-14-16/h4-5,8,12-15H,2-3,6-7,9-11H2,1H3,(H,23,27). The summed E-state index contributed by atoms with van der Waals surface area (Å²) in [5.74, 6) is 0.352. The van der Waals surface area contributed by atoms with Crippen molar-refractivity contribution in [3.8, 4) is 5.75 Å². The van der Waals surface area contributed by atoms with Gasteiger partial charge in [-0.1, -0.05) is 0 Å². The highest BCUT2D eigenvalue weighted by Gasteiger charge is 2.29. The van der Waals surface area contributed by atoms with E-state index in [1.807, 2.05) is 0 Å². The molecule has 0 saturated carbocycles. The number of hydrogen-bond donors (Lipinski definition) is 1. The molecule has 8 nitrogen and oxygen atoms in total. The first-order chi connectivity index (χ1) is 14.6. The largest absolute Gasteiger partial charge is 0.495 e. The SMILES string of the molecule is COc1ccc(NC(=O)C2CCN(C(=O)c3ccoc3)CC2)cc1N1CCCC1=O. The summed E-state index contributed by atoms with van der Waals surface area (Å²) >= 11 is 0. The third kappa shape index (κ3) is 4.03. The van der Waals surface area contributed by atoms with E-state index < -0.39 is 0 Å². The molecule has 2 fully saturated rings. The fourth-order valence-electron chi connectivity index (χ4n) is 4.04. The summed E-state index contributed by atoms with van der Waals surface area (Å²) < 4.78 is 10.4. The number of benzene rings is 1. The van der Waals surface area contributed by atoms with Gasteiger partial charge in [0, 0.05) is 37.7 Å². The van der Waals surface area contributed by atoms with E-state index in [2.05, 4.69) is 5.32 Å². The van der Waals surface area contributed by atoms with Gasteiger partial charge in [-0.25, -0.2) is 0 Å². The molecule has 2 aliphatic rings. The topological polar surface area (TPSA) is 92.1 Å². The van der Waals surface area contributed by atoms with Crippen LogP contribution in [-0.2, 0) is 9.59 Å². The molecule has 0 radical (unpaired) electrons. The Kier molecular flexibility index (Phi) is 5.74. The van der Waals surface area contributed by atoms with Crippen molar-refractivity contribution in [2.24, 2.45) is 5.92 Å². The van der Waals surface area contributed by atoms with Crippen molar-refractivity contribution in [2.75, 3.05) is 37.0 Å². The zero-order valence-corrected chi connectivity index (χ0v) is 16.9. The third-order valence-electron chi connectivity index (χ3n) is 5.73. The van der Waals surface area contributed by atoms with Crippen LogP contribution in [0.5, 0.6) is 5.75 Å². The number of carbonyl (C=O) groups excluding carboxylic acids is 3. The van der Waals surface area contributed by atoms with Crippen molar-refractivity contribution >= 4 is 29.1 Å². The van der Waals surface area contributed by atoms with Crippen LogP contribution >= 0.6 is 0 Å². The second-order valence-corrected chi connectivity index (χ2v) is 7.60. The quantitative estimate of drug-likeness (QED) is 0.817. The van der Waals surface area contributed by atoms with E-state index in [1.54, 1.807) is 41.2 Å². The van der Waals surface area contributed by atoms with E-state index in [1.165, 1.54) is 12.5 Å². The van der Waals surface area contributed by atoms with Gasteiger partial charge in [-0.3, -0.25) is 14.4 Å². The summed E-state index contributed by atoms with van der Waals surface area (Å²) in [5, 5.41) is 2.96. The average molecular weight is 411 g/mol. The molecule has 0 spiro atoms. The smallest absolute Gasteiger partial charge is 0.257 e. The molecule has 2 saturated heterocycles. The lowest BCUT2D eigenvalue weighted by Crippen LogP contribution is -2.41. The molecular weight excluding hydrogens is 386 g/mol. The van der Waals surface area contributed by atoms with Gasteiger partial charge in [-0.2, -0.15) is 0 Å². The molecule has 0 atom stereocenters. The molecule has 1 aromatic carbocycles. The maximum atomic E-state index is 12.8. The monoisotopic (exact) mass is 411 g/mol. The van der Waals surface area contributed by atoms with Gasteiger partial charge in [0.05, 0.1) is 24.6 Å². The first kappa shape index (κ1) is 20.0. The Bertz CT molecular complexity index is 932. The first-order valence-electron chi connectivity index (χ1n) is 10.2. The molecule has 3 heterocycles. The van der Waals surface area contributed by atoms with E-state index in [9.17, 15) is 14.4 Å². The lowest BCUT2D eigenvalue weighted by molar-refractivity contribution is -0.121. The van der Waals surface area contributed by atoms with Crippen LogP contribution in [0.4, 0.5) is 11.4 Å². The highest BCUT2D eigenvalue weighted by atomic mass is 16.5. The van der Waals surface area contributed by atoms with Crippen molar-refractivity contribution < 1.29 is 23.5 Å². The Labute approximate surface area is 174 Å². The molecule has 3 amide bonds. The molecule has 1 aromatic heterocycles. The number of ether oxygens (including phenoxy) is 1. The lowest BCUT2D eigenvalue weighted by atomic mass is 9.95. The van der Waals surface area contributed by atoms with Gasteiger partial charge in [0.25, 0.3) is 5.91 Å². The first-order valence-corrected chi connectivity index (χ1v) is 10.2. The maximum absolute atomic E-state index is 12.8. The van der Waals surface area contributed by atoms with Crippen LogP contribution in [0, 0.1) is 5.92 Å². The number of carbonyl (C=O) groups is 3. The minimum Gasteiger partial charge on any atom is -0.495 e. The average Bonchev–Trinajstić information content (AvgIpc) is 3.45. The number of methoxy groups -OCH3 is 1. The number of anilines is 2. The highest BCUT2D eigenvalue weighted by molar-refractivity contribution is 5.99. The highest BCUT2D eigenvalue weighted by Crippen LogP contribution is 2.34. The summed E-state index contributed by atoms with van der Waals surface area (Å²) in [5.41, 5.74) is 1.84. The number of likely N-dealkylation sites (tertiary alicyclic amines) is 1. The van der Waals surface area contributed by atoms with E-state index in [0.29, 0.717) is 61.6 Å². The van der Waals surface area contributed by atoms with E-state index >= 15 is 0 Å². The van der Waals surface area contributed by atoms with Gasteiger partial charge >= 0.3 is 0 Å². The molecule has 8 heteroatoms. The number of rotatable bonds is 5. The molecular formula is C22H25N3O5. The zero-order chi connectivity index (χ0) is 21.1. The van der Waals surface area contributed by atoms with Crippen molar-refractivity contribution in [1.82, 2.24) is 4.90 Å². The van der Waals surface area contributed by atoms with Gasteiger partial charge in [-0.15, -0.1) is 0 Å². The molecule has 4 rings (SSSR count). The Balaban J connectivity index is 1.38. The molecule has 0 unspecified atom stereocenters. The molecule has 0 bridgehead atoms. The van der Waals surface area contributed by atoms with E-state index in [-0.39, 0.29) is 23.6 Å².